The molecule has 0 radical (unpaired) electrons. The lowest BCUT2D eigenvalue weighted by molar-refractivity contribution is 0.0950. The molecule has 1 aliphatic rings. The van der Waals surface area contributed by atoms with E-state index in [1.54, 1.807) is 6.20 Å². The number of halogens is 1. The van der Waals surface area contributed by atoms with E-state index < -0.39 is 0 Å². The third kappa shape index (κ3) is 3.10. The Hall–Kier alpha value is -1.81. The zero-order chi connectivity index (χ0) is 14.8. The van der Waals surface area contributed by atoms with Crippen molar-refractivity contribution in [3.8, 4) is 5.69 Å². The van der Waals surface area contributed by atoms with Gasteiger partial charge in [-0.15, -0.1) is 0 Å². The van der Waals surface area contributed by atoms with Crippen LogP contribution in [0.5, 0.6) is 0 Å². The monoisotopic (exact) mass is 303 g/mol. The van der Waals surface area contributed by atoms with Gasteiger partial charge in [-0.1, -0.05) is 24.9 Å². The maximum atomic E-state index is 12.3. The number of carbonyl (C=O) groups excluding carboxylic acids is 1. The molecule has 1 N–H and O–H groups in total. The van der Waals surface area contributed by atoms with Crippen LogP contribution in [0.1, 0.15) is 42.2 Å². The average Bonchev–Trinajstić information content (AvgIpc) is 3.18. The van der Waals surface area contributed by atoms with Crippen molar-refractivity contribution in [3.05, 3.63) is 46.7 Å². The van der Waals surface area contributed by atoms with E-state index >= 15 is 0 Å². The van der Waals surface area contributed by atoms with Gasteiger partial charge < -0.3 is 5.32 Å². The predicted molar refractivity (Wildman–Crippen MR) is 83.1 cm³/mol. The third-order valence-corrected chi connectivity index (χ3v) is 3.84. The van der Waals surface area contributed by atoms with Crippen LogP contribution in [0, 0.1) is 0 Å². The Bertz CT molecular complexity index is 644. The first-order chi connectivity index (χ1) is 10.2. The number of amides is 1. The summed E-state index contributed by atoms with van der Waals surface area (Å²) < 4.78 is 1.83. The van der Waals surface area contributed by atoms with Crippen LogP contribution in [0.3, 0.4) is 0 Å². The minimum Gasteiger partial charge on any atom is -0.349 e. The molecule has 5 heteroatoms. The van der Waals surface area contributed by atoms with Crippen molar-refractivity contribution in [3.63, 3.8) is 0 Å². The van der Waals surface area contributed by atoms with Crippen LogP contribution in [0.15, 0.2) is 30.5 Å². The second-order valence-electron chi connectivity index (χ2n) is 5.39. The molecule has 1 heterocycles. The largest absolute Gasteiger partial charge is 0.349 e. The van der Waals surface area contributed by atoms with Gasteiger partial charge in [0.15, 0.2) is 0 Å². The molecule has 2 aromatic rings. The summed E-state index contributed by atoms with van der Waals surface area (Å²) in [6.45, 7) is 2.10. The average molecular weight is 304 g/mol. The van der Waals surface area contributed by atoms with Gasteiger partial charge in [0.25, 0.3) is 5.91 Å². The minimum absolute atomic E-state index is 0.0128. The van der Waals surface area contributed by atoms with Gasteiger partial charge in [0.1, 0.15) is 0 Å². The molecule has 3 rings (SSSR count). The topological polar surface area (TPSA) is 46.9 Å². The van der Waals surface area contributed by atoms with E-state index in [-0.39, 0.29) is 5.91 Å². The van der Waals surface area contributed by atoms with Crippen molar-refractivity contribution in [2.24, 2.45) is 0 Å². The van der Waals surface area contributed by atoms with Gasteiger partial charge in [-0.3, -0.25) is 4.79 Å². The van der Waals surface area contributed by atoms with Crippen molar-refractivity contribution < 1.29 is 4.79 Å². The Morgan fingerprint density at radius 2 is 2.10 bits per heavy atom. The highest BCUT2D eigenvalue weighted by atomic mass is 35.5. The van der Waals surface area contributed by atoms with Gasteiger partial charge in [-0.05, 0) is 43.5 Å². The van der Waals surface area contributed by atoms with E-state index in [4.69, 9.17) is 11.6 Å². The molecule has 0 spiro atoms. The van der Waals surface area contributed by atoms with E-state index in [0.29, 0.717) is 16.6 Å². The number of nitrogens with one attached hydrogen (secondary N) is 1. The lowest BCUT2D eigenvalue weighted by Crippen LogP contribution is -2.26. The molecule has 1 aromatic heterocycles. The summed E-state index contributed by atoms with van der Waals surface area (Å²) in [6, 6.07) is 7.84. The SMILES string of the molecule is CCCc1c(C(=O)NC2CC2)cnn1-c1ccc(Cl)cc1. The molecule has 4 nitrogen and oxygen atoms in total. The number of benzene rings is 1. The van der Waals surface area contributed by atoms with Crippen LogP contribution < -0.4 is 5.32 Å². The summed E-state index contributed by atoms with van der Waals surface area (Å²) in [4.78, 5) is 12.3. The summed E-state index contributed by atoms with van der Waals surface area (Å²) in [6.07, 6.45) is 5.61. The highest BCUT2D eigenvalue weighted by Crippen LogP contribution is 2.22. The van der Waals surface area contributed by atoms with E-state index in [1.807, 2.05) is 28.9 Å². The Morgan fingerprint density at radius 1 is 1.38 bits per heavy atom. The smallest absolute Gasteiger partial charge is 0.254 e. The molecule has 21 heavy (non-hydrogen) atoms. The van der Waals surface area contributed by atoms with Gasteiger partial charge in [0.2, 0.25) is 0 Å². The first-order valence-electron chi connectivity index (χ1n) is 7.32. The number of hydrogen-bond acceptors (Lipinski definition) is 2. The first kappa shape index (κ1) is 14.1. The second kappa shape index (κ2) is 5.90. The van der Waals surface area contributed by atoms with E-state index in [1.165, 1.54) is 0 Å². The molecule has 1 aliphatic carbocycles. The summed E-state index contributed by atoms with van der Waals surface area (Å²) in [5.74, 6) is -0.0128. The van der Waals surface area contributed by atoms with Crippen molar-refractivity contribution in [2.75, 3.05) is 0 Å². The van der Waals surface area contributed by atoms with Gasteiger partial charge in [0, 0.05) is 11.1 Å². The molecule has 0 unspecified atom stereocenters. The lowest BCUT2D eigenvalue weighted by atomic mass is 10.1. The summed E-state index contributed by atoms with van der Waals surface area (Å²) in [5.41, 5.74) is 2.56. The van der Waals surface area contributed by atoms with Crippen LogP contribution in [0.4, 0.5) is 0 Å². The Balaban J connectivity index is 1.94. The van der Waals surface area contributed by atoms with Gasteiger partial charge in [-0.2, -0.15) is 5.10 Å². The fourth-order valence-corrected chi connectivity index (χ4v) is 2.46. The highest BCUT2D eigenvalue weighted by molar-refractivity contribution is 6.30. The van der Waals surface area contributed by atoms with Gasteiger partial charge in [0.05, 0.1) is 23.1 Å². The number of nitrogens with zero attached hydrogens (tertiary/aromatic N) is 2. The molecule has 0 aliphatic heterocycles. The summed E-state index contributed by atoms with van der Waals surface area (Å²) in [5, 5.41) is 8.12. The molecule has 110 valence electrons. The van der Waals surface area contributed by atoms with Crippen LogP contribution in [0.2, 0.25) is 5.02 Å². The van der Waals surface area contributed by atoms with Gasteiger partial charge >= 0.3 is 0 Å². The lowest BCUT2D eigenvalue weighted by Gasteiger charge is -2.09. The van der Waals surface area contributed by atoms with Crippen LogP contribution in [0.25, 0.3) is 5.69 Å². The molecular formula is C16H18ClN3O. The zero-order valence-corrected chi connectivity index (χ0v) is 12.7. The number of rotatable bonds is 5. The fourth-order valence-electron chi connectivity index (χ4n) is 2.34. The van der Waals surface area contributed by atoms with Crippen molar-refractivity contribution in [1.29, 1.82) is 0 Å². The van der Waals surface area contributed by atoms with Crippen molar-refractivity contribution >= 4 is 17.5 Å². The molecule has 0 bridgehead atoms. The van der Waals surface area contributed by atoms with E-state index in [2.05, 4.69) is 17.3 Å². The molecule has 1 saturated carbocycles. The minimum atomic E-state index is -0.0128. The second-order valence-corrected chi connectivity index (χ2v) is 5.83. The summed E-state index contributed by atoms with van der Waals surface area (Å²) >= 11 is 5.93. The normalized spacial score (nSPS) is 14.2. The summed E-state index contributed by atoms with van der Waals surface area (Å²) in [7, 11) is 0. The molecule has 1 amide bonds. The Kier molecular flexibility index (Phi) is 3.97. The molecular weight excluding hydrogens is 286 g/mol. The maximum Gasteiger partial charge on any atom is 0.254 e. The highest BCUT2D eigenvalue weighted by Gasteiger charge is 2.26. The first-order valence-corrected chi connectivity index (χ1v) is 7.70. The van der Waals surface area contributed by atoms with E-state index in [0.717, 1.165) is 37.1 Å². The molecule has 1 aromatic carbocycles. The number of carbonyl (C=O) groups is 1. The molecule has 0 atom stereocenters. The molecule has 0 saturated heterocycles. The quantitative estimate of drug-likeness (QED) is 0.920. The van der Waals surface area contributed by atoms with Gasteiger partial charge in [-0.25, -0.2) is 4.68 Å². The van der Waals surface area contributed by atoms with E-state index in [9.17, 15) is 4.79 Å². The third-order valence-electron chi connectivity index (χ3n) is 3.58. The Morgan fingerprint density at radius 3 is 2.71 bits per heavy atom. The maximum absolute atomic E-state index is 12.3. The van der Waals surface area contributed by atoms with Crippen LogP contribution >= 0.6 is 11.6 Å². The fraction of sp³-hybridized carbons (Fsp3) is 0.375. The predicted octanol–water partition coefficient (Wildman–Crippen LogP) is 3.37. The van der Waals surface area contributed by atoms with Crippen molar-refractivity contribution in [2.45, 2.75) is 38.6 Å². The van der Waals surface area contributed by atoms with Crippen LogP contribution in [-0.4, -0.2) is 21.7 Å². The standard InChI is InChI=1S/C16H18ClN3O/c1-2-3-15-14(16(21)19-12-6-7-12)10-18-20(15)13-8-4-11(17)5-9-13/h4-5,8-10,12H,2-3,6-7H2,1H3,(H,19,21). The number of hydrogen-bond donors (Lipinski definition) is 1. The van der Waals surface area contributed by atoms with Crippen LogP contribution in [-0.2, 0) is 6.42 Å². The molecule has 1 fully saturated rings. The Labute approximate surface area is 129 Å². The number of aromatic nitrogens is 2. The van der Waals surface area contributed by atoms with Crippen molar-refractivity contribution in [1.82, 2.24) is 15.1 Å². The zero-order valence-electron chi connectivity index (χ0n) is 12.0.